The summed E-state index contributed by atoms with van der Waals surface area (Å²) in [5, 5.41) is 9.32. The highest BCUT2D eigenvalue weighted by atomic mass is 32.3. The van der Waals surface area contributed by atoms with Gasteiger partial charge < -0.3 is 24.1 Å². The van der Waals surface area contributed by atoms with Crippen LogP contribution in [0.15, 0.2) is 0 Å². The van der Waals surface area contributed by atoms with Gasteiger partial charge in [0.25, 0.3) is 0 Å². The number of methoxy groups -OCH3 is 1. The van der Waals surface area contributed by atoms with Crippen LogP contribution in [0.2, 0.25) is 0 Å². The number of ether oxygens (including phenoxy) is 4. The van der Waals surface area contributed by atoms with E-state index in [0.29, 0.717) is 0 Å². The Labute approximate surface area is 132 Å². The molecule has 1 fully saturated rings. The molecular formula is C11H18O11S. The van der Waals surface area contributed by atoms with Crippen LogP contribution in [0.25, 0.3) is 0 Å². The van der Waals surface area contributed by atoms with Gasteiger partial charge in [-0.15, -0.1) is 0 Å². The second-order valence-electron chi connectivity index (χ2n) is 4.60. The first-order valence-corrected chi connectivity index (χ1v) is 7.74. The van der Waals surface area contributed by atoms with Crippen LogP contribution in [0.4, 0.5) is 0 Å². The summed E-state index contributed by atoms with van der Waals surface area (Å²) in [5.41, 5.74) is 0. The maximum atomic E-state index is 11.2. The number of hydrogen-bond acceptors (Lipinski definition) is 10. The summed E-state index contributed by atoms with van der Waals surface area (Å²) in [5.74, 6) is -1.66. The van der Waals surface area contributed by atoms with Crippen LogP contribution < -0.4 is 0 Å². The summed E-state index contributed by atoms with van der Waals surface area (Å²) in [6, 6.07) is 0. The standard InChI is InChI=1S/C11H18O11S/c1-5(13)19-8-7(4-12)21-11(18-3)10(20-6(2)14)9(8)22-23(15,16)17/h7-12H,4H2,1-3H3,(H,15,16,17)/t7-,8-,9+,10-,11-/m1/s1. The van der Waals surface area contributed by atoms with Crippen molar-refractivity contribution in [3.05, 3.63) is 0 Å². The Bertz CT molecular complexity index is 500. The van der Waals surface area contributed by atoms with Gasteiger partial charge in [-0.05, 0) is 0 Å². The van der Waals surface area contributed by atoms with Crippen molar-refractivity contribution >= 4 is 22.3 Å². The summed E-state index contributed by atoms with van der Waals surface area (Å²) in [7, 11) is -3.83. The van der Waals surface area contributed by atoms with Crippen LogP contribution in [0.3, 0.4) is 0 Å². The van der Waals surface area contributed by atoms with Crippen molar-refractivity contribution in [2.75, 3.05) is 13.7 Å². The lowest BCUT2D eigenvalue weighted by Gasteiger charge is -2.43. The maximum Gasteiger partial charge on any atom is 0.397 e. The van der Waals surface area contributed by atoms with E-state index in [1.54, 1.807) is 0 Å². The highest BCUT2D eigenvalue weighted by molar-refractivity contribution is 7.80. The molecule has 0 aromatic carbocycles. The zero-order valence-corrected chi connectivity index (χ0v) is 13.4. The average molecular weight is 358 g/mol. The van der Waals surface area contributed by atoms with Crippen molar-refractivity contribution in [2.24, 2.45) is 0 Å². The van der Waals surface area contributed by atoms with E-state index < -0.39 is 59.7 Å². The van der Waals surface area contributed by atoms with E-state index >= 15 is 0 Å². The van der Waals surface area contributed by atoms with Gasteiger partial charge in [0.2, 0.25) is 0 Å². The Balaban J connectivity index is 3.24. The lowest BCUT2D eigenvalue weighted by atomic mass is 9.98. The van der Waals surface area contributed by atoms with E-state index in [4.69, 9.17) is 23.5 Å². The Kier molecular flexibility index (Phi) is 6.85. The first-order chi connectivity index (χ1) is 10.6. The van der Waals surface area contributed by atoms with Crippen molar-refractivity contribution in [1.82, 2.24) is 0 Å². The third-order valence-corrected chi connectivity index (χ3v) is 3.31. The molecule has 0 aromatic heterocycles. The molecule has 0 aromatic rings. The molecule has 0 unspecified atom stereocenters. The fraction of sp³-hybridized carbons (Fsp3) is 0.818. The fourth-order valence-corrected chi connectivity index (χ4v) is 2.62. The van der Waals surface area contributed by atoms with E-state index in [-0.39, 0.29) is 0 Å². The van der Waals surface area contributed by atoms with E-state index in [2.05, 4.69) is 4.18 Å². The monoisotopic (exact) mass is 358 g/mol. The molecule has 0 saturated carbocycles. The molecule has 134 valence electrons. The molecule has 0 bridgehead atoms. The highest BCUT2D eigenvalue weighted by Crippen LogP contribution is 2.29. The van der Waals surface area contributed by atoms with Gasteiger partial charge in [0, 0.05) is 21.0 Å². The largest absolute Gasteiger partial charge is 0.457 e. The van der Waals surface area contributed by atoms with Crippen LogP contribution in [0.5, 0.6) is 0 Å². The molecule has 1 aliphatic rings. The molecule has 1 rings (SSSR count). The van der Waals surface area contributed by atoms with E-state index in [1.807, 2.05) is 0 Å². The minimum atomic E-state index is -5.00. The van der Waals surface area contributed by atoms with Crippen LogP contribution >= 0.6 is 0 Å². The van der Waals surface area contributed by atoms with Gasteiger partial charge in [0.15, 0.2) is 24.6 Å². The Hall–Kier alpha value is -1.31. The zero-order valence-electron chi connectivity index (χ0n) is 12.6. The third-order valence-electron chi connectivity index (χ3n) is 2.84. The quantitative estimate of drug-likeness (QED) is 0.416. The van der Waals surface area contributed by atoms with E-state index in [0.717, 1.165) is 13.8 Å². The fourth-order valence-electron chi connectivity index (χ4n) is 2.12. The van der Waals surface area contributed by atoms with Gasteiger partial charge >= 0.3 is 22.3 Å². The van der Waals surface area contributed by atoms with Gasteiger partial charge in [-0.2, -0.15) is 8.42 Å². The van der Waals surface area contributed by atoms with Crippen molar-refractivity contribution in [3.63, 3.8) is 0 Å². The molecule has 0 radical (unpaired) electrons. The zero-order chi connectivity index (χ0) is 17.8. The van der Waals surface area contributed by atoms with Crippen molar-refractivity contribution in [2.45, 2.75) is 44.6 Å². The first kappa shape index (κ1) is 19.7. The predicted octanol–water partition coefficient (Wildman–Crippen LogP) is -1.60. The molecule has 0 spiro atoms. The number of hydrogen-bond donors (Lipinski definition) is 2. The topological polar surface area (TPSA) is 155 Å². The van der Waals surface area contributed by atoms with Gasteiger partial charge in [-0.25, -0.2) is 4.18 Å². The third kappa shape index (κ3) is 5.67. The number of rotatable bonds is 6. The number of aliphatic hydroxyl groups excluding tert-OH is 1. The molecule has 11 nitrogen and oxygen atoms in total. The van der Waals surface area contributed by atoms with Gasteiger partial charge in [-0.3, -0.25) is 14.1 Å². The maximum absolute atomic E-state index is 11.2. The number of carbonyl (C=O) groups is 2. The average Bonchev–Trinajstić information content (AvgIpc) is 2.40. The molecule has 1 aliphatic heterocycles. The molecule has 2 N–H and O–H groups in total. The van der Waals surface area contributed by atoms with E-state index in [9.17, 15) is 23.1 Å². The number of carbonyl (C=O) groups excluding carboxylic acids is 2. The Morgan fingerprint density at radius 2 is 1.61 bits per heavy atom. The van der Waals surface area contributed by atoms with Gasteiger partial charge in [-0.1, -0.05) is 0 Å². The molecule has 5 atom stereocenters. The summed E-state index contributed by atoms with van der Waals surface area (Å²) < 4.78 is 55.5. The highest BCUT2D eigenvalue weighted by Gasteiger charge is 2.52. The molecule has 1 heterocycles. The number of esters is 2. The smallest absolute Gasteiger partial charge is 0.397 e. The molecule has 23 heavy (non-hydrogen) atoms. The first-order valence-electron chi connectivity index (χ1n) is 6.38. The molecule has 12 heteroatoms. The molecule has 0 amide bonds. The lowest BCUT2D eigenvalue weighted by molar-refractivity contribution is -0.295. The molecular weight excluding hydrogens is 340 g/mol. The van der Waals surface area contributed by atoms with Crippen LogP contribution in [0.1, 0.15) is 13.8 Å². The predicted molar refractivity (Wildman–Crippen MR) is 70.3 cm³/mol. The molecule has 0 aliphatic carbocycles. The van der Waals surface area contributed by atoms with Gasteiger partial charge in [0.1, 0.15) is 6.10 Å². The van der Waals surface area contributed by atoms with Gasteiger partial charge in [0.05, 0.1) is 6.61 Å². The number of aliphatic hydroxyl groups is 1. The lowest BCUT2D eigenvalue weighted by Crippen LogP contribution is -2.62. The second-order valence-corrected chi connectivity index (χ2v) is 5.65. The Morgan fingerprint density at radius 3 is 2.00 bits per heavy atom. The van der Waals surface area contributed by atoms with Crippen molar-refractivity contribution in [1.29, 1.82) is 0 Å². The van der Waals surface area contributed by atoms with Crippen LogP contribution in [-0.2, 0) is 43.1 Å². The summed E-state index contributed by atoms with van der Waals surface area (Å²) in [6.45, 7) is 1.38. The van der Waals surface area contributed by atoms with Crippen molar-refractivity contribution in [3.8, 4) is 0 Å². The summed E-state index contributed by atoms with van der Waals surface area (Å²) >= 11 is 0. The SMILES string of the molecule is CO[C@@H]1O[C@H](CO)[C@@H](OC(C)=O)[C@H](OS(=O)(=O)O)[C@H]1OC(C)=O. The van der Waals surface area contributed by atoms with E-state index in [1.165, 1.54) is 7.11 Å². The summed E-state index contributed by atoms with van der Waals surface area (Å²) in [6.07, 6.45) is -7.20. The minimum Gasteiger partial charge on any atom is -0.457 e. The summed E-state index contributed by atoms with van der Waals surface area (Å²) in [4.78, 5) is 22.4. The normalized spacial score (nSPS) is 31.4. The van der Waals surface area contributed by atoms with Crippen LogP contribution in [-0.4, -0.2) is 74.4 Å². The van der Waals surface area contributed by atoms with Crippen molar-refractivity contribution < 1.29 is 50.8 Å². The van der Waals surface area contributed by atoms with Crippen LogP contribution in [0, 0.1) is 0 Å². The minimum absolute atomic E-state index is 0.685. The second kappa shape index (κ2) is 7.99. The molecule has 1 saturated heterocycles. The Morgan fingerprint density at radius 1 is 1.09 bits per heavy atom.